The van der Waals surface area contributed by atoms with Gasteiger partial charge in [-0.1, -0.05) is 30.3 Å². The average molecular weight is 389 g/mol. The van der Waals surface area contributed by atoms with Gasteiger partial charge in [0.05, 0.1) is 24.8 Å². The van der Waals surface area contributed by atoms with Crippen LogP contribution in [0.3, 0.4) is 0 Å². The first kappa shape index (κ1) is 20.4. The van der Waals surface area contributed by atoms with Crippen LogP contribution in [0.2, 0.25) is 0 Å². The normalized spacial score (nSPS) is 13.0. The summed E-state index contributed by atoms with van der Waals surface area (Å²) in [6, 6.07) is 14.8. The number of carbonyl (C=O) groups excluding carboxylic acids is 1. The number of amides is 1. The molecular formula is C19H23N3O4S. The Kier molecular flexibility index (Phi) is 6.57. The third-order valence-corrected chi connectivity index (χ3v) is 5.18. The molecule has 0 unspecified atom stereocenters. The summed E-state index contributed by atoms with van der Waals surface area (Å²) in [5.74, 6) is 0.0546. The molecule has 2 aromatic carbocycles. The molecule has 1 atom stereocenters. The molecule has 0 fully saturated rings. The third kappa shape index (κ3) is 5.30. The highest BCUT2D eigenvalue weighted by atomic mass is 32.2. The lowest BCUT2D eigenvalue weighted by molar-refractivity contribution is -0.121. The van der Waals surface area contributed by atoms with E-state index in [0.29, 0.717) is 17.1 Å². The SMILES string of the molecule is COc1ccc(N([C@@H](C)C(=O)N/N=C(/C)c2ccccc2)S(C)(=O)=O)cc1. The van der Waals surface area contributed by atoms with Crippen LogP contribution in [0.15, 0.2) is 59.7 Å². The molecule has 0 saturated carbocycles. The maximum absolute atomic E-state index is 12.5. The second kappa shape index (κ2) is 8.68. The minimum atomic E-state index is -3.69. The molecule has 144 valence electrons. The molecule has 0 spiro atoms. The average Bonchev–Trinajstić information content (AvgIpc) is 2.66. The maximum Gasteiger partial charge on any atom is 0.263 e. The molecule has 1 amide bonds. The van der Waals surface area contributed by atoms with Crippen molar-refractivity contribution in [2.45, 2.75) is 19.9 Å². The predicted octanol–water partition coefficient (Wildman–Crippen LogP) is 2.39. The van der Waals surface area contributed by atoms with E-state index in [1.54, 1.807) is 31.2 Å². The number of nitrogens with one attached hydrogen (secondary N) is 1. The number of carbonyl (C=O) groups is 1. The molecule has 0 aliphatic rings. The summed E-state index contributed by atoms with van der Waals surface area (Å²) in [6.07, 6.45) is 1.06. The number of hydrogen-bond donors (Lipinski definition) is 1. The first-order chi connectivity index (χ1) is 12.7. The summed E-state index contributed by atoms with van der Waals surface area (Å²) in [6.45, 7) is 3.27. The Balaban J connectivity index is 2.22. The van der Waals surface area contributed by atoms with Gasteiger partial charge in [-0.2, -0.15) is 5.10 Å². The number of methoxy groups -OCH3 is 1. The Morgan fingerprint density at radius 1 is 1.11 bits per heavy atom. The van der Waals surface area contributed by atoms with E-state index in [1.807, 2.05) is 30.3 Å². The standard InChI is InChI=1S/C19H23N3O4S/c1-14(16-8-6-5-7-9-16)20-21-19(23)15(2)22(27(4,24)25)17-10-12-18(26-3)13-11-17/h5-13,15H,1-4H3,(H,21,23)/b20-14-/t15-/m0/s1. The van der Waals surface area contributed by atoms with Gasteiger partial charge in [0.15, 0.2) is 0 Å². The van der Waals surface area contributed by atoms with Crippen LogP contribution in [0.5, 0.6) is 5.75 Å². The van der Waals surface area contributed by atoms with Crippen molar-refractivity contribution < 1.29 is 17.9 Å². The highest BCUT2D eigenvalue weighted by molar-refractivity contribution is 7.92. The Morgan fingerprint density at radius 3 is 2.22 bits per heavy atom. The van der Waals surface area contributed by atoms with Crippen molar-refractivity contribution in [2.24, 2.45) is 5.10 Å². The minimum Gasteiger partial charge on any atom is -0.497 e. The van der Waals surface area contributed by atoms with Crippen LogP contribution in [0.4, 0.5) is 5.69 Å². The van der Waals surface area contributed by atoms with Crippen LogP contribution in [0.1, 0.15) is 19.4 Å². The van der Waals surface area contributed by atoms with Crippen LogP contribution < -0.4 is 14.5 Å². The fraction of sp³-hybridized carbons (Fsp3) is 0.263. The molecule has 0 radical (unpaired) electrons. The molecule has 0 bridgehead atoms. The molecule has 0 saturated heterocycles. The number of hydrogen-bond acceptors (Lipinski definition) is 5. The molecular weight excluding hydrogens is 366 g/mol. The summed E-state index contributed by atoms with van der Waals surface area (Å²) in [5.41, 5.74) is 4.29. The van der Waals surface area contributed by atoms with Crippen LogP contribution in [-0.2, 0) is 14.8 Å². The number of rotatable bonds is 7. The van der Waals surface area contributed by atoms with Crippen LogP contribution in [0.25, 0.3) is 0 Å². The van der Waals surface area contributed by atoms with Gasteiger partial charge in [0.2, 0.25) is 10.0 Å². The zero-order chi connectivity index (χ0) is 20.0. The molecule has 1 N–H and O–H groups in total. The van der Waals surface area contributed by atoms with Crippen molar-refractivity contribution in [3.05, 3.63) is 60.2 Å². The van der Waals surface area contributed by atoms with E-state index < -0.39 is 22.0 Å². The third-order valence-electron chi connectivity index (χ3n) is 3.94. The highest BCUT2D eigenvalue weighted by Crippen LogP contribution is 2.23. The monoisotopic (exact) mass is 389 g/mol. The molecule has 2 rings (SSSR count). The number of anilines is 1. The highest BCUT2D eigenvalue weighted by Gasteiger charge is 2.29. The first-order valence-electron chi connectivity index (χ1n) is 8.27. The second-order valence-electron chi connectivity index (χ2n) is 5.97. The summed E-state index contributed by atoms with van der Waals surface area (Å²) in [5, 5.41) is 4.08. The molecule has 7 nitrogen and oxygen atoms in total. The van der Waals surface area contributed by atoms with Gasteiger partial charge in [-0.15, -0.1) is 0 Å². The summed E-state index contributed by atoms with van der Waals surface area (Å²) in [4.78, 5) is 12.5. The minimum absolute atomic E-state index is 0.365. The molecule has 0 aliphatic heterocycles. The molecule has 0 heterocycles. The van der Waals surface area contributed by atoms with Crippen LogP contribution in [0, 0.1) is 0 Å². The van der Waals surface area contributed by atoms with E-state index in [0.717, 1.165) is 16.1 Å². The number of nitrogens with zero attached hydrogens (tertiary/aromatic N) is 2. The van der Waals surface area contributed by atoms with Crippen molar-refractivity contribution in [1.82, 2.24) is 5.43 Å². The lowest BCUT2D eigenvalue weighted by Crippen LogP contribution is -2.46. The maximum atomic E-state index is 12.5. The number of benzene rings is 2. The molecule has 0 aromatic heterocycles. The van der Waals surface area contributed by atoms with Crippen LogP contribution in [-0.4, -0.2) is 39.4 Å². The van der Waals surface area contributed by atoms with E-state index in [1.165, 1.54) is 14.0 Å². The fourth-order valence-corrected chi connectivity index (χ4v) is 3.69. The lowest BCUT2D eigenvalue weighted by Gasteiger charge is -2.27. The molecule has 27 heavy (non-hydrogen) atoms. The van der Waals surface area contributed by atoms with Crippen LogP contribution >= 0.6 is 0 Å². The zero-order valence-electron chi connectivity index (χ0n) is 15.7. The summed E-state index contributed by atoms with van der Waals surface area (Å²) >= 11 is 0. The predicted molar refractivity (Wildman–Crippen MR) is 107 cm³/mol. The van der Waals surface area contributed by atoms with Gasteiger partial charge >= 0.3 is 0 Å². The Hall–Kier alpha value is -2.87. The first-order valence-corrected chi connectivity index (χ1v) is 10.1. The Morgan fingerprint density at radius 2 is 1.70 bits per heavy atom. The van der Waals surface area contributed by atoms with E-state index in [-0.39, 0.29) is 0 Å². The van der Waals surface area contributed by atoms with Gasteiger partial charge in [0.25, 0.3) is 5.91 Å². The summed E-state index contributed by atoms with van der Waals surface area (Å²) in [7, 11) is -2.17. The van der Waals surface area contributed by atoms with Gasteiger partial charge in [-0.3, -0.25) is 9.10 Å². The molecule has 0 aliphatic carbocycles. The van der Waals surface area contributed by atoms with Crippen molar-refractivity contribution in [2.75, 3.05) is 17.7 Å². The van der Waals surface area contributed by atoms with Gasteiger partial charge in [0.1, 0.15) is 11.8 Å². The molecule has 8 heteroatoms. The largest absolute Gasteiger partial charge is 0.497 e. The van der Waals surface area contributed by atoms with Crippen molar-refractivity contribution in [3.63, 3.8) is 0 Å². The zero-order valence-corrected chi connectivity index (χ0v) is 16.5. The van der Waals surface area contributed by atoms with E-state index in [9.17, 15) is 13.2 Å². The van der Waals surface area contributed by atoms with Gasteiger partial charge < -0.3 is 4.74 Å². The van der Waals surface area contributed by atoms with Crippen molar-refractivity contribution in [1.29, 1.82) is 0 Å². The van der Waals surface area contributed by atoms with Crippen molar-refractivity contribution in [3.8, 4) is 5.75 Å². The van der Waals surface area contributed by atoms with Gasteiger partial charge in [-0.05, 0) is 43.7 Å². The smallest absolute Gasteiger partial charge is 0.263 e. The van der Waals surface area contributed by atoms with Crippen molar-refractivity contribution >= 4 is 27.3 Å². The summed E-state index contributed by atoms with van der Waals surface area (Å²) < 4.78 is 30.7. The quantitative estimate of drug-likeness (QED) is 0.582. The Bertz CT molecular complexity index is 910. The Labute approximate surface area is 159 Å². The fourth-order valence-electron chi connectivity index (χ4n) is 2.51. The molecule has 2 aromatic rings. The number of hydrazone groups is 1. The van der Waals surface area contributed by atoms with E-state index in [4.69, 9.17) is 4.74 Å². The van der Waals surface area contributed by atoms with E-state index >= 15 is 0 Å². The topological polar surface area (TPSA) is 88.1 Å². The second-order valence-corrected chi connectivity index (χ2v) is 7.83. The van der Waals surface area contributed by atoms with Gasteiger partial charge in [-0.25, -0.2) is 13.8 Å². The lowest BCUT2D eigenvalue weighted by atomic mass is 10.1. The number of sulfonamides is 1. The van der Waals surface area contributed by atoms with E-state index in [2.05, 4.69) is 10.5 Å². The van der Waals surface area contributed by atoms with Gasteiger partial charge in [0, 0.05) is 0 Å². The number of ether oxygens (including phenoxy) is 1.